The maximum absolute atomic E-state index is 11.4. The van der Waals surface area contributed by atoms with Crippen molar-refractivity contribution in [3.63, 3.8) is 0 Å². The average molecular weight is 415 g/mol. The lowest BCUT2D eigenvalue weighted by Gasteiger charge is -2.19. The minimum absolute atomic E-state index is 0.326. The van der Waals surface area contributed by atoms with E-state index in [4.69, 9.17) is 11.1 Å². The Morgan fingerprint density at radius 1 is 1.46 bits per heavy atom. The number of benzene rings is 1. The van der Waals surface area contributed by atoms with Gasteiger partial charge in [-0.1, -0.05) is 0 Å². The Bertz CT molecular complexity index is 1100. The Kier molecular flexibility index (Phi) is 4.94. The first-order chi connectivity index (χ1) is 13.5. The largest absolute Gasteiger partial charge is 0.481 e. The summed E-state index contributed by atoms with van der Waals surface area (Å²) >= 11 is 3.14. The third-order valence-electron chi connectivity index (χ3n) is 5.03. The fourth-order valence-electron chi connectivity index (χ4n) is 3.57. The molecule has 6 N–H and O–H groups in total. The molecule has 28 heavy (non-hydrogen) atoms. The molecule has 0 aliphatic heterocycles. The first-order valence-corrected chi connectivity index (χ1v) is 10.8. The van der Waals surface area contributed by atoms with Crippen LogP contribution in [0.1, 0.15) is 22.4 Å². The van der Waals surface area contributed by atoms with Gasteiger partial charge in [0.1, 0.15) is 17.0 Å². The summed E-state index contributed by atoms with van der Waals surface area (Å²) in [5.74, 6) is -0.336. The molecule has 1 aromatic carbocycles. The lowest BCUT2D eigenvalue weighted by atomic mass is 9.88. The number of aromatic nitrogens is 2. The maximum Gasteiger partial charge on any atom is 0.306 e. The highest BCUT2D eigenvalue weighted by Gasteiger charge is 2.29. The summed E-state index contributed by atoms with van der Waals surface area (Å²) in [4.78, 5) is 23.2. The van der Waals surface area contributed by atoms with Crippen molar-refractivity contribution < 1.29 is 15.3 Å². The summed E-state index contributed by atoms with van der Waals surface area (Å²) in [6.45, 7) is 0. The van der Waals surface area contributed by atoms with Crippen molar-refractivity contribution >= 4 is 62.7 Å². The van der Waals surface area contributed by atoms with Crippen molar-refractivity contribution in [1.82, 2.24) is 9.97 Å². The van der Waals surface area contributed by atoms with E-state index in [9.17, 15) is 9.90 Å². The van der Waals surface area contributed by atoms with Gasteiger partial charge in [-0.05, 0) is 43.2 Å². The van der Waals surface area contributed by atoms with Crippen LogP contribution in [-0.4, -0.2) is 33.5 Å². The number of thiophene rings is 1. The second kappa shape index (κ2) is 7.40. The van der Waals surface area contributed by atoms with Crippen LogP contribution in [0.5, 0.6) is 0 Å². The highest BCUT2D eigenvalue weighted by molar-refractivity contribution is 7.98. The molecule has 2 heterocycles. The number of carboxylic acids is 1. The topological polar surface area (TPSA) is 127 Å². The summed E-state index contributed by atoms with van der Waals surface area (Å²) in [5, 5.41) is 19.5. The molecule has 0 bridgehead atoms. The molecule has 4 rings (SSSR count). The summed E-state index contributed by atoms with van der Waals surface area (Å²) in [6, 6.07) is 3.80. The van der Waals surface area contributed by atoms with E-state index in [1.807, 2.05) is 18.4 Å². The van der Waals surface area contributed by atoms with Gasteiger partial charge in [0.15, 0.2) is 6.21 Å². The Balaban J connectivity index is 1.79. The van der Waals surface area contributed by atoms with Crippen LogP contribution in [0.2, 0.25) is 0 Å². The number of nitrogens with one attached hydrogen (secondary N) is 1. The zero-order valence-electron chi connectivity index (χ0n) is 15.2. The van der Waals surface area contributed by atoms with Gasteiger partial charge in [-0.2, -0.15) is 0 Å². The molecule has 9 heteroatoms. The first kappa shape index (κ1) is 18.7. The number of thioether (sulfide) groups is 1. The zero-order chi connectivity index (χ0) is 19.8. The lowest BCUT2D eigenvalue weighted by Crippen LogP contribution is -2.30. The van der Waals surface area contributed by atoms with Crippen LogP contribution in [0.25, 0.3) is 10.2 Å². The van der Waals surface area contributed by atoms with Gasteiger partial charge in [0.05, 0.1) is 22.6 Å². The third kappa shape index (κ3) is 3.20. The van der Waals surface area contributed by atoms with E-state index >= 15 is 0 Å². The Hall–Kier alpha value is -2.65. The molecule has 3 aromatic rings. The van der Waals surface area contributed by atoms with E-state index in [0.29, 0.717) is 24.9 Å². The van der Waals surface area contributed by atoms with Gasteiger partial charge in [-0.3, -0.25) is 10.2 Å². The maximum atomic E-state index is 11.4. The summed E-state index contributed by atoms with van der Waals surface area (Å²) < 4.78 is 0. The van der Waals surface area contributed by atoms with Crippen LogP contribution >= 0.6 is 23.1 Å². The van der Waals surface area contributed by atoms with Crippen molar-refractivity contribution in [3.05, 3.63) is 34.5 Å². The van der Waals surface area contributed by atoms with Crippen LogP contribution in [0.15, 0.2) is 23.4 Å². The van der Waals surface area contributed by atoms with Crippen molar-refractivity contribution in [2.75, 3.05) is 17.3 Å². The standard InChI is InChI=1S/C19H19N5O2S2/c1-27-15-6-12(21)10(7-20)4-13(15)24-17-16-11-3-2-9(19(25)26)5-14(11)28-18(16)23-8-22-17/h4,6-9,20H,2-3,5,21H2,1H3,(H,25,26)(H,22,23,24)/p+1/t9-/m0/s1. The molecule has 1 aliphatic carbocycles. The number of nitrogens with zero attached hydrogens (tertiary/aromatic N) is 2. The molecule has 2 aromatic heterocycles. The molecule has 144 valence electrons. The Labute approximate surface area is 169 Å². The number of carbonyl (C=O) groups is 1. The highest BCUT2D eigenvalue weighted by atomic mass is 32.2. The van der Waals surface area contributed by atoms with Gasteiger partial charge in [-0.15, -0.1) is 23.1 Å². The molecule has 0 saturated carbocycles. The molecule has 0 radical (unpaired) electrons. The van der Waals surface area contributed by atoms with Gasteiger partial charge >= 0.3 is 5.97 Å². The van der Waals surface area contributed by atoms with Crippen molar-refractivity contribution in [3.8, 4) is 0 Å². The molecule has 1 aliphatic rings. The van der Waals surface area contributed by atoms with E-state index in [1.165, 1.54) is 12.5 Å². The van der Waals surface area contributed by atoms with Crippen LogP contribution in [0.3, 0.4) is 0 Å². The molecular formula is C19H20N5O2S2+. The van der Waals surface area contributed by atoms with Crippen molar-refractivity contribution in [2.45, 2.75) is 24.2 Å². The van der Waals surface area contributed by atoms with Crippen LogP contribution in [0, 0.1) is 5.92 Å². The van der Waals surface area contributed by atoms with Crippen molar-refractivity contribution in [1.29, 1.82) is 0 Å². The molecule has 1 atom stereocenters. The Morgan fingerprint density at radius 3 is 3.00 bits per heavy atom. The summed E-state index contributed by atoms with van der Waals surface area (Å²) in [6.07, 6.45) is 6.90. The molecule has 0 saturated heterocycles. The number of carboxylic acid groups (broad SMARTS) is 1. The fraction of sp³-hybridized carbons (Fsp3) is 0.263. The van der Waals surface area contributed by atoms with Crippen molar-refractivity contribution in [2.24, 2.45) is 5.92 Å². The molecule has 0 fully saturated rings. The number of anilines is 3. The van der Waals surface area contributed by atoms with Gasteiger partial charge < -0.3 is 16.2 Å². The highest BCUT2D eigenvalue weighted by Crippen LogP contribution is 2.41. The molecular weight excluding hydrogens is 394 g/mol. The number of aryl methyl sites for hydroxylation is 1. The van der Waals surface area contributed by atoms with Crippen LogP contribution < -0.4 is 16.5 Å². The second-order valence-electron chi connectivity index (χ2n) is 6.66. The number of nitrogens with two attached hydrogens (primary N) is 2. The predicted molar refractivity (Wildman–Crippen MR) is 114 cm³/mol. The monoisotopic (exact) mass is 414 g/mol. The molecule has 0 amide bonds. The van der Waals surface area contributed by atoms with Gasteiger partial charge in [0, 0.05) is 15.5 Å². The van der Waals surface area contributed by atoms with Gasteiger partial charge in [0.25, 0.3) is 0 Å². The number of aliphatic carboxylic acids is 1. The van der Waals surface area contributed by atoms with Crippen LogP contribution in [-0.2, 0) is 17.6 Å². The van der Waals surface area contributed by atoms with E-state index < -0.39 is 5.97 Å². The summed E-state index contributed by atoms with van der Waals surface area (Å²) in [7, 11) is 0. The van der Waals surface area contributed by atoms with E-state index in [0.717, 1.165) is 42.6 Å². The second-order valence-corrected chi connectivity index (χ2v) is 8.59. The lowest BCUT2D eigenvalue weighted by molar-refractivity contribution is -0.142. The number of hydrogen-bond acceptors (Lipinski definition) is 7. The fourth-order valence-corrected chi connectivity index (χ4v) is 5.41. The van der Waals surface area contributed by atoms with Crippen LogP contribution in [0.4, 0.5) is 17.2 Å². The minimum atomic E-state index is -0.732. The van der Waals surface area contributed by atoms with E-state index in [-0.39, 0.29) is 5.92 Å². The number of nitrogen functional groups attached to an aromatic ring is 1. The quantitative estimate of drug-likeness (QED) is 0.286. The van der Waals surface area contributed by atoms with E-state index in [2.05, 4.69) is 15.3 Å². The van der Waals surface area contributed by atoms with Gasteiger partial charge in [0.2, 0.25) is 0 Å². The number of hydrogen-bond donors (Lipinski definition) is 4. The predicted octanol–water partition coefficient (Wildman–Crippen LogP) is 2.11. The molecule has 0 unspecified atom stereocenters. The Morgan fingerprint density at radius 2 is 2.29 bits per heavy atom. The normalized spacial score (nSPS) is 16.0. The SMILES string of the molecule is CSc1cc(N)c(C=[NH2+])cc1Nc1ncnc2sc3c(c12)CC[C@H](C(=O)O)C3. The molecule has 7 nitrogen and oxygen atoms in total. The van der Waals surface area contributed by atoms with E-state index in [1.54, 1.807) is 23.1 Å². The van der Waals surface area contributed by atoms with Gasteiger partial charge in [-0.25, -0.2) is 9.97 Å². The first-order valence-electron chi connectivity index (χ1n) is 8.79. The number of rotatable bonds is 5. The third-order valence-corrected chi connectivity index (χ3v) is 6.97. The smallest absolute Gasteiger partial charge is 0.306 e. The zero-order valence-corrected chi connectivity index (χ0v) is 16.9. The average Bonchev–Trinajstić information content (AvgIpc) is 3.07. The number of fused-ring (bicyclic) bond motifs is 3. The molecule has 0 spiro atoms. The minimum Gasteiger partial charge on any atom is -0.481 e. The summed E-state index contributed by atoms with van der Waals surface area (Å²) in [5.41, 5.74) is 9.46.